The average molecular weight is 485 g/mol. The maximum Gasteiger partial charge on any atom is 0.261 e. The normalized spacial score (nSPS) is 11.6. The molecular formula is C24H25BrN2O4. The van der Waals surface area contributed by atoms with Gasteiger partial charge in [0.1, 0.15) is 17.5 Å². The predicted molar refractivity (Wildman–Crippen MR) is 124 cm³/mol. The van der Waals surface area contributed by atoms with E-state index in [-0.39, 0.29) is 25.0 Å². The summed E-state index contributed by atoms with van der Waals surface area (Å²) in [5, 5.41) is 4.68. The molecule has 162 valence electrons. The summed E-state index contributed by atoms with van der Waals surface area (Å²) < 4.78 is 11.8. The smallest absolute Gasteiger partial charge is 0.261 e. The lowest BCUT2D eigenvalue weighted by molar-refractivity contribution is -0.142. The fourth-order valence-electron chi connectivity index (χ4n) is 3.27. The second-order valence-corrected chi connectivity index (χ2v) is 7.84. The van der Waals surface area contributed by atoms with E-state index in [4.69, 9.17) is 9.47 Å². The molecule has 0 saturated carbocycles. The topological polar surface area (TPSA) is 67.9 Å². The monoisotopic (exact) mass is 484 g/mol. The van der Waals surface area contributed by atoms with Gasteiger partial charge < -0.3 is 19.7 Å². The SMILES string of the molecule is CNC(=O)C(C)N(Cc1ccc(OC)cc1)C(=O)COc1ccc2ccccc2c1Br. The van der Waals surface area contributed by atoms with E-state index < -0.39 is 6.04 Å². The first-order valence-electron chi connectivity index (χ1n) is 9.88. The number of rotatable bonds is 8. The van der Waals surface area contributed by atoms with Crippen molar-refractivity contribution in [2.24, 2.45) is 0 Å². The average Bonchev–Trinajstić information content (AvgIpc) is 2.81. The van der Waals surface area contributed by atoms with E-state index >= 15 is 0 Å². The molecule has 6 nitrogen and oxygen atoms in total. The molecule has 2 amide bonds. The van der Waals surface area contributed by atoms with Gasteiger partial charge in [0, 0.05) is 13.6 Å². The standard InChI is InChI=1S/C24H25BrN2O4/c1-16(24(29)26-2)27(14-17-8-11-19(30-3)12-9-17)22(28)15-31-21-13-10-18-6-4-5-7-20(18)23(21)25/h4-13,16H,14-15H2,1-3H3,(H,26,29). The van der Waals surface area contributed by atoms with Gasteiger partial charge in [0.2, 0.25) is 5.91 Å². The molecule has 7 heteroatoms. The lowest BCUT2D eigenvalue weighted by Crippen LogP contribution is -2.48. The highest BCUT2D eigenvalue weighted by Gasteiger charge is 2.26. The molecule has 3 rings (SSSR count). The summed E-state index contributed by atoms with van der Waals surface area (Å²) in [5.74, 6) is 0.773. The number of nitrogens with one attached hydrogen (secondary N) is 1. The quantitative estimate of drug-likeness (QED) is 0.521. The molecule has 31 heavy (non-hydrogen) atoms. The summed E-state index contributed by atoms with van der Waals surface area (Å²) >= 11 is 3.57. The Labute approximate surface area is 190 Å². The number of carbonyl (C=O) groups excluding carboxylic acids is 2. The Balaban J connectivity index is 1.77. The summed E-state index contributed by atoms with van der Waals surface area (Å²) in [7, 11) is 3.15. The van der Waals surface area contributed by atoms with Crippen LogP contribution >= 0.6 is 15.9 Å². The maximum atomic E-state index is 13.1. The van der Waals surface area contributed by atoms with Crippen LogP contribution in [-0.4, -0.2) is 43.5 Å². The molecule has 3 aromatic rings. The summed E-state index contributed by atoms with van der Waals surface area (Å²) in [6.45, 7) is 1.79. The molecular weight excluding hydrogens is 460 g/mol. The third-order valence-electron chi connectivity index (χ3n) is 5.10. The highest BCUT2D eigenvalue weighted by Crippen LogP contribution is 2.33. The lowest BCUT2D eigenvalue weighted by atomic mass is 10.1. The van der Waals surface area contributed by atoms with Crippen molar-refractivity contribution in [3.05, 3.63) is 70.7 Å². The zero-order valence-corrected chi connectivity index (χ0v) is 19.3. The predicted octanol–water partition coefficient (Wildman–Crippen LogP) is 4.15. The first kappa shape index (κ1) is 22.6. The van der Waals surface area contributed by atoms with Gasteiger partial charge in [-0.25, -0.2) is 0 Å². The van der Waals surface area contributed by atoms with Crippen LogP contribution in [-0.2, 0) is 16.1 Å². The van der Waals surface area contributed by atoms with E-state index in [1.807, 2.05) is 60.7 Å². The number of fused-ring (bicyclic) bond motifs is 1. The minimum atomic E-state index is -0.650. The molecule has 0 spiro atoms. The number of halogens is 1. The van der Waals surface area contributed by atoms with Crippen LogP contribution < -0.4 is 14.8 Å². The van der Waals surface area contributed by atoms with Crippen molar-refractivity contribution in [2.75, 3.05) is 20.8 Å². The molecule has 0 radical (unpaired) electrons. The number of benzene rings is 3. The van der Waals surface area contributed by atoms with Gasteiger partial charge in [0.05, 0.1) is 11.6 Å². The molecule has 0 heterocycles. The molecule has 0 aliphatic heterocycles. The van der Waals surface area contributed by atoms with E-state index in [1.54, 1.807) is 21.1 Å². The number of amides is 2. The van der Waals surface area contributed by atoms with Crippen molar-refractivity contribution < 1.29 is 19.1 Å². The van der Waals surface area contributed by atoms with Crippen molar-refractivity contribution in [1.29, 1.82) is 0 Å². The number of hydrogen-bond donors (Lipinski definition) is 1. The zero-order valence-electron chi connectivity index (χ0n) is 17.7. The van der Waals surface area contributed by atoms with Crippen LogP contribution in [0.3, 0.4) is 0 Å². The van der Waals surface area contributed by atoms with Crippen LogP contribution in [0.5, 0.6) is 11.5 Å². The first-order chi connectivity index (χ1) is 14.9. The van der Waals surface area contributed by atoms with Gasteiger partial charge in [-0.3, -0.25) is 9.59 Å². The first-order valence-corrected chi connectivity index (χ1v) is 10.7. The largest absolute Gasteiger partial charge is 0.497 e. The van der Waals surface area contributed by atoms with Crippen LogP contribution in [0, 0.1) is 0 Å². The number of likely N-dealkylation sites (N-methyl/N-ethyl adjacent to an activating group) is 1. The van der Waals surface area contributed by atoms with Gasteiger partial charge in [0.25, 0.3) is 5.91 Å². The Kier molecular flexibility index (Phi) is 7.52. The summed E-state index contributed by atoms with van der Waals surface area (Å²) in [5.41, 5.74) is 0.886. The van der Waals surface area contributed by atoms with Crippen molar-refractivity contribution in [3.63, 3.8) is 0 Å². The van der Waals surface area contributed by atoms with Gasteiger partial charge >= 0.3 is 0 Å². The Morgan fingerprint density at radius 2 is 1.77 bits per heavy atom. The van der Waals surface area contributed by atoms with Crippen molar-refractivity contribution >= 4 is 38.5 Å². The van der Waals surface area contributed by atoms with Gasteiger partial charge in [-0.2, -0.15) is 0 Å². The fraction of sp³-hybridized carbons (Fsp3) is 0.250. The van der Waals surface area contributed by atoms with E-state index in [0.29, 0.717) is 5.75 Å². The van der Waals surface area contributed by atoms with Gasteiger partial charge in [0.15, 0.2) is 6.61 Å². The zero-order chi connectivity index (χ0) is 22.4. The number of ether oxygens (including phenoxy) is 2. The maximum absolute atomic E-state index is 13.1. The minimum absolute atomic E-state index is 0.186. The van der Waals surface area contributed by atoms with Crippen LogP contribution in [0.1, 0.15) is 12.5 Å². The molecule has 1 atom stereocenters. The summed E-state index contributed by atoms with van der Waals surface area (Å²) in [6.07, 6.45) is 0. The molecule has 0 aliphatic carbocycles. The number of nitrogens with zero attached hydrogens (tertiary/aromatic N) is 1. The van der Waals surface area contributed by atoms with Crippen molar-refractivity contribution in [3.8, 4) is 11.5 Å². The van der Waals surface area contributed by atoms with Gasteiger partial charge in [-0.1, -0.05) is 42.5 Å². The Morgan fingerprint density at radius 3 is 2.45 bits per heavy atom. The third kappa shape index (κ3) is 5.35. The van der Waals surface area contributed by atoms with Gasteiger partial charge in [-0.15, -0.1) is 0 Å². The number of hydrogen-bond acceptors (Lipinski definition) is 4. The van der Waals surface area contributed by atoms with Crippen molar-refractivity contribution in [1.82, 2.24) is 10.2 Å². The Bertz CT molecular complexity index is 1070. The summed E-state index contributed by atoms with van der Waals surface area (Å²) in [6, 6.07) is 18.4. The second-order valence-electron chi connectivity index (χ2n) is 7.05. The van der Waals surface area contributed by atoms with Crippen LogP contribution in [0.25, 0.3) is 10.8 Å². The number of carbonyl (C=O) groups is 2. The molecule has 0 bridgehead atoms. The molecule has 0 saturated heterocycles. The number of methoxy groups -OCH3 is 1. The Hall–Kier alpha value is -3.06. The van der Waals surface area contributed by atoms with Crippen LogP contribution in [0.15, 0.2) is 65.1 Å². The molecule has 1 N–H and O–H groups in total. The van der Waals surface area contributed by atoms with E-state index in [1.165, 1.54) is 4.90 Å². The lowest BCUT2D eigenvalue weighted by Gasteiger charge is -2.28. The highest BCUT2D eigenvalue weighted by atomic mass is 79.9. The van der Waals surface area contributed by atoms with Gasteiger partial charge in [-0.05, 0) is 57.4 Å². The van der Waals surface area contributed by atoms with E-state index in [0.717, 1.165) is 26.6 Å². The van der Waals surface area contributed by atoms with Crippen LogP contribution in [0.2, 0.25) is 0 Å². The van der Waals surface area contributed by atoms with Crippen LogP contribution in [0.4, 0.5) is 0 Å². The molecule has 1 unspecified atom stereocenters. The minimum Gasteiger partial charge on any atom is -0.497 e. The highest BCUT2D eigenvalue weighted by molar-refractivity contribution is 9.10. The van der Waals surface area contributed by atoms with E-state index in [2.05, 4.69) is 21.2 Å². The fourth-order valence-corrected chi connectivity index (χ4v) is 3.87. The molecule has 3 aromatic carbocycles. The molecule has 0 fully saturated rings. The molecule has 0 aromatic heterocycles. The third-order valence-corrected chi connectivity index (χ3v) is 5.92. The second kappa shape index (κ2) is 10.3. The molecule has 0 aliphatic rings. The Morgan fingerprint density at radius 1 is 1.06 bits per heavy atom. The van der Waals surface area contributed by atoms with Crippen molar-refractivity contribution in [2.45, 2.75) is 19.5 Å². The summed E-state index contributed by atoms with van der Waals surface area (Å²) in [4.78, 5) is 26.8. The van der Waals surface area contributed by atoms with E-state index in [9.17, 15) is 9.59 Å².